The van der Waals surface area contributed by atoms with Gasteiger partial charge in [0.25, 0.3) is 0 Å². The Morgan fingerprint density at radius 1 is 1.44 bits per heavy atom. The Morgan fingerprint density at radius 3 is 2.88 bits per heavy atom. The molecule has 1 aromatic heterocycles. The quantitative estimate of drug-likeness (QED) is 0.611. The van der Waals surface area contributed by atoms with Gasteiger partial charge >= 0.3 is 5.97 Å². The molecule has 3 nitrogen and oxygen atoms in total. The molecule has 0 radical (unpaired) electrons. The van der Waals surface area contributed by atoms with Crippen molar-refractivity contribution in [3.63, 3.8) is 0 Å². The highest BCUT2D eigenvalue weighted by Gasteiger charge is 2.34. The van der Waals surface area contributed by atoms with E-state index in [1.165, 1.54) is 17.5 Å². The second-order valence-corrected chi connectivity index (χ2v) is 4.43. The lowest BCUT2D eigenvalue weighted by Gasteiger charge is -2.31. The molecule has 3 aliphatic carbocycles. The number of carbonyl (C=O) groups excluding carboxylic acids is 1. The summed E-state index contributed by atoms with van der Waals surface area (Å²) in [6.07, 6.45) is 8.82. The first-order chi connectivity index (χ1) is 7.81. The molecule has 0 amide bonds. The first kappa shape index (κ1) is 9.70. The van der Waals surface area contributed by atoms with Gasteiger partial charge in [-0.05, 0) is 30.9 Å². The maximum absolute atomic E-state index is 11.8. The molecule has 0 aliphatic heterocycles. The van der Waals surface area contributed by atoms with Crippen LogP contribution < -0.4 is 0 Å². The van der Waals surface area contributed by atoms with E-state index in [0.717, 1.165) is 6.42 Å². The van der Waals surface area contributed by atoms with Crippen LogP contribution in [-0.4, -0.2) is 17.6 Å². The van der Waals surface area contributed by atoms with E-state index in [2.05, 4.69) is 17.1 Å². The van der Waals surface area contributed by atoms with Crippen LogP contribution in [0.2, 0.25) is 0 Å². The summed E-state index contributed by atoms with van der Waals surface area (Å²) in [5.41, 5.74) is 3.13. The molecule has 16 heavy (non-hydrogen) atoms. The number of fused-ring (bicyclic) bond motifs is 1. The van der Waals surface area contributed by atoms with Crippen LogP contribution in [0.4, 0.5) is 0 Å². The van der Waals surface area contributed by atoms with E-state index in [9.17, 15) is 4.79 Å². The van der Waals surface area contributed by atoms with E-state index in [1.54, 1.807) is 0 Å². The molecule has 84 valence electrons. The van der Waals surface area contributed by atoms with E-state index < -0.39 is 0 Å². The van der Waals surface area contributed by atoms with Gasteiger partial charge in [-0.3, -0.25) is 0 Å². The monoisotopic (exact) mass is 217 g/mol. The van der Waals surface area contributed by atoms with Crippen molar-refractivity contribution in [3.05, 3.63) is 35.2 Å². The Hall–Kier alpha value is -1.51. The van der Waals surface area contributed by atoms with E-state index in [-0.39, 0.29) is 5.97 Å². The molecular formula is C13H15NO2. The third-order valence-electron chi connectivity index (χ3n) is 3.57. The largest absolute Gasteiger partial charge is 0.461 e. The minimum Gasteiger partial charge on any atom is -0.461 e. The van der Waals surface area contributed by atoms with Crippen LogP contribution in [0.15, 0.2) is 18.3 Å². The second kappa shape index (κ2) is 3.51. The van der Waals surface area contributed by atoms with Gasteiger partial charge in [-0.25, -0.2) is 4.79 Å². The summed E-state index contributed by atoms with van der Waals surface area (Å²) in [5.74, 6) is 0.690. The number of hydrogen-bond donors (Lipinski definition) is 1. The maximum Gasteiger partial charge on any atom is 0.355 e. The van der Waals surface area contributed by atoms with Gasteiger partial charge in [0.05, 0.1) is 6.61 Å². The molecule has 0 unspecified atom stereocenters. The highest BCUT2D eigenvalue weighted by Crippen LogP contribution is 2.46. The summed E-state index contributed by atoms with van der Waals surface area (Å²) in [4.78, 5) is 14.9. The number of hydrogen-bond acceptors (Lipinski definition) is 2. The lowest BCUT2D eigenvalue weighted by Crippen LogP contribution is -2.18. The number of esters is 1. The molecule has 0 saturated carbocycles. The van der Waals surface area contributed by atoms with Crippen molar-refractivity contribution in [1.29, 1.82) is 0 Å². The van der Waals surface area contributed by atoms with Crippen molar-refractivity contribution in [2.45, 2.75) is 31.6 Å². The van der Waals surface area contributed by atoms with Gasteiger partial charge in [-0.15, -0.1) is 0 Å². The van der Waals surface area contributed by atoms with Crippen molar-refractivity contribution in [2.24, 2.45) is 0 Å². The van der Waals surface area contributed by atoms with Crippen LogP contribution in [0.1, 0.15) is 53.2 Å². The van der Waals surface area contributed by atoms with Crippen LogP contribution in [-0.2, 0) is 4.74 Å². The number of nitrogens with one attached hydrogen (secondary N) is 1. The minimum atomic E-state index is -0.218. The molecule has 4 rings (SSSR count). The van der Waals surface area contributed by atoms with Crippen LogP contribution in [0, 0.1) is 0 Å². The Kier molecular flexibility index (Phi) is 2.13. The summed E-state index contributed by atoms with van der Waals surface area (Å²) >= 11 is 0. The van der Waals surface area contributed by atoms with Crippen molar-refractivity contribution >= 4 is 5.97 Å². The number of H-pyrrole nitrogens is 1. The number of aromatic amines is 1. The molecule has 0 saturated heterocycles. The lowest BCUT2D eigenvalue weighted by atomic mass is 9.72. The third kappa shape index (κ3) is 1.24. The Morgan fingerprint density at radius 2 is 2.19 bits per heavy atom. The predicted octanol–water partition coefficient (Wildman–Crippen LogP) is 2.72. The normalized spacial score (nSPS) is 25.6. The highest BCUT2D eigenvalue weighted by atomic mass is 16.5. The van der Waals surface area contributed by atoms with Gasteiger partial charge in [-0.1, -0.05) is 12.2 Å². The molecule has 0 fully saturated rings. The minimum absolute atomic E-state index is 0.218. The Labute approximate surface area is 94.5 Å². The zero-order valence-corrected chi connectivity index (χ0v) is 9.32. The number of carbonyl (C=O) groups is 1. The van der Waals surface area contributed by atoms with E-state index in [4.69, 9.17) is 4.74 Å². The zero-order valence-electron chi connectivity index (χ0n) is 9.32. The first-order valence-corrected chi connectivity index (χ1v) is 5.88. The first-order valence-electron chi connectivity index (χ1n) is 5.88. The van der Waals surface area contributed by atoms with Gasteiger partial charge in [0, 0.05) is 18.0 Å². The third-order valence-corrected chi connectivity index (χ3v) is 3.57. The van der Waals surface area contributed by atoms with E-state index >= 15 is 0 Å². The zero-order chi connectivity index (χ0) is 11.1. The van der Waals surface area contributed by atoms with Gasteiger partial charge in [-0.2, -0.15) is 0 Å². The van der Waals surface area contributed by atoms with Crippen LogP contribution in [0.5, 0.6) is 0 Å². The van der Waals surface area contributed by atoms with Crippen molar-refractivity contribution < 1.29 is 9.53 Å². The van der Waals surface area contributed by atoms with Crippen molar-refractivity contribution in [2.75, 3.05) is 6.61 Å². The fraction of sp³-hybridized carbons (Fsp3) is 0.462. The van der Waals surface area contributed by atoms with Gasteiger partial charge < -0.3 is 9.72 Å². The van der Waals surface area contributed by atoms with Gasteiger partial charge in [0.2, 0.25) is 0 Å². The summed E-state index contributed by atoms with van der Waals surface area (Å²) < 4.78 is 5.07. The standard InChI is InChI=1S/C13H15NO2/c1-2-16-13(15)12-11-9-5-3-8(4-6-9)10(11)7-14-12/h3,5,7-9,14H,2,4,6H2,1H3/t8-,9+/m1/s1. The molecule has 1 heterocycles. The summed E-state index contributed by atoms with van der Waals surface area (Å²) in [7, 11) is 0. The van der Waals surface area contributed by atoms with Gasteiger partial charge in [0.1, 0.15) is 5.69 Å². The van der Waals surface area contributed by atoms with Crippen molar-refractivity contribution in [1.82, 2.24) is 4.98 Å². The molecule has 0 spiro atoms. The molecular weight excluding hydrogens is 202 g/mol. The smallest absolute Gasteiger partial charge is 0.355 e. The number of rotatable bonds is 2. The lowest BCUT2D eigenvalue weighted by molar-refractivity contribution is 0.0518. The van der Waals surface area contributed by atoms with E-state index in [0.29, 0.717) is 24.1 Å². The number of allylic oxidation sites excluding steroid dienone is 2. The predicted molar refractivity (Wildman–Crippen MR) is 60.6 cm³/mol. The number of aromatic nitrogens is 1. The summed E-state index contributed by atoms with van der Waals surface area (Å²) in [6, 6.07) is 0. The highest BCUT2D eigenvalue weighted by molar-refractivity contribution is 5.90. The molecule has 1 aromatic rings. The Balaban J connectivity index is 2.03. The molecule has 2 atom stereocenters. The van der Waals surface area contributed by atoms with Crippen molar-refractivity contribution in [3.8, 4) is 0 Å². The topological polar surface area (TPSA) is 42.1 Å². The molecule has 2 bridgehead atoms. The van der Waals surface area contributed by atoms with Crippen LogP contribution >= 0.6 is 0 Å². The number of ether oxygens (including phenoxy) is 1. The maximum atomic E-state index is 11.8. The fourth-order valence-electron chi connectivity index (χ4n) is 2.85. The average molecular weight is 217 g/mol. The van der Waals surface area contributed by atoms with Crippen LogP contribution in [0.25, 0.3) is 0 Å². The average Bonchev–Trinajstić information content (AvgIpc) is 2.77. The molecule has 1 N–H and O–H groups in total. The molecule has 3 heteroatoms. The summed E-state index contributed by atoms with van der Waals surface area (Å²) in [6.45, 7) is 2.26. The fourth-order valence-corrected chi connectivity index (χ4v) is 2.85. The van der Waals surface area contributed by atoms with Gasteiger partial charge in [0.15, 0.2) is 0 Å². The Bertz CT molecular complexity index is 458. The second-order valence-electron chi connectivity index (χ2n) is 4.43. The van der Waals surface area contributed by atoms with Crippen LogP contribution in [0.3, 0.4) is 0 Å². The molecule has 3 aliphatic rings. The molecule has 0 aromatic carbocycles. The summed E-state index contributed by atoms with van der Waals surface area (Å²) in [5, 5.41) is 0. The SMILES string of the molecule is CCOC(=O)c1[nH]cc2c1[C@H]1C=C[C@@H]2CC1. The van der Waals surface area contributed by atoms with E-state index in [1.807, 2.05) is 13.1 Å².